The summed E-state index contributed by atoms with van der Waals surface area (Å²) in [6, 6.07) is 4.97. The minimum Gasteiger partial charge on any atom is -0.393 e. The molecule has 1 aliphatic rings. The van der Waals surface area contributed by atoms with Crippen molar-refractivity contribution in [2.45, 2.75) is 57.7 Å². The van der Waals surface area contributed by atoms with E-state index in [-0.39, 0.29) is 29.5 Å². The minimum atomic E-state index is -0.732. The van der Waals surface area contributed by atoms with Crippen molar-refractivity contribution in [3.8, 4) is 0 Å². The smallest absolute Gasteiger partial charge is 0.254 e. The van der Waals surface area contributed by atoms with Crippen LogP contribution in [-0.4, -0.2) is 35.1 Å². The predicted octanol–water partition coefficient (Wildman–Crippen LogP) is 2.00. The Kier molecular flexibility index (Phi) is 6.31. The number of aliphatic hydroxyl groups is 1. The maximum Gasteiger partial charge on any atom is 0.254 e. The summed E-state index contributed by atoms with van der Waals surface area (Å²) in [5.41, 5.74) is -0.0725. The first-order valence-corrected chi connectivity index (χ1v) is 8.42. The molecule has 0 spiro atoms. The molecule has 2 rings (SSSR count). The van der Waals surface area contributed by atoms with Crippen LogP contribution in [0.15, 0.2) is 24.3 Å². The molecule has 0 aliphatic heterocycles. The van der Waals surface area contributed by atoms with Crippen LogP contribution < -0.4 is 10.6 Å². The summed E-state index contributed by atoms with van der Waals surface area (Å²) < 4.78 is 13.7. The zero-order valence-corrected chi connectivity index (χ0v) is 14.1. The zero-order valence-electron chi connectivity index (χ0n) is 14.1. The van der Waals surface area contributed by atoms with Gasteiger partial charge >= 0.3 is 0 Å². The molecule has 1 aromatic carbocycles. The van der Waals surface area contributed by atoms with Gasteiger partial charge in [-0.05, 0) is 43.7 Å². The highest BCUT2D eigenvalue weighted by atomic mass is 19.1. The second kappa shape index (κ2) is 8.24. The molecular weight excluding hydrogens is 311 g/mol. The summed E-state index contributed by atoms with van der Waals surface area (Å²) in [5, 5.41) is 15.1. The lowest BCUT2D eigenvalue weighted by molar-refractivity contribution is -0.125. The van der Waals surface area contributed by atoms with Crippen LogP contribution in [0, 0.1) is 11.7 Å². The number of benzene rings is 1. The van der Waals surface area contributed by atoms with Gasteiger partial charge in [0.15, 0.2) is 0 Å². The van der Waals surface area contributed by atoms with E-state index in [1.54, 1.807) is 6.07 Å². The highest BCUT2D eigenvalue weighted by molar-refractivity contribution is 5.97. The Labute approximate surface area is 141 Å². The second-order valence-corrected chi connectivity index (χ2v) is 6.69. The van der Waals surface area contributed by atoms with Gasteiger partial charge in [-0.25, -0.2) is 4.39 Å². The van der Waals surface area contributed by atoms with Gasteiger partial charge in [0.05, 0.1) is 11.7 Å². The third-order valence-electron chi connectivity index (χ3n) is 4.40. The van der Waals surface area contributed by atoms with E-state index in [0.717, 1.165) is 12.8 Å². The minimum absolute atomic E-state index is 0.00696. The number of rotatable bonds is 5. The van der Waals surface area contributed by atoms with Crippen molar-refractivity contribution >= 4 is 11.8 Å². The zero-order chi connectivity index (χ0) is 17.7. The van der Waals surface area contributed by atoms with E-state index in [1.165, 1.54) is 18.2 Å². The summed E-state index contributed by atoms with van der Waals surface area (Å²) in [7, 11) is 0. The van der Waals surface area contributed by atoms with Crippen molar-refractivity contribution in [1.82, 2.24) is 10.6 Å². The van der Waals surface area contributed by atoms with Crippen molar-refractivity contribution in [2.24, 2.45) is 5.92 Å². The summed E-state index contributed by atoms with van der Waals surface area (Å²) in [4.78, 5) is 24.8. The molecule has 0 saturated heterocycles. The Hall–Kier alpha value is -1.95. The van der Waals surface area contributed by atoms with Crippen LogP contribution in [0.25, 0.3) is 0 Å². The fraction of sp³-hybridized carbons (Fsp3) is 0.556. The summed E-state index contributed by atoms with van der Waals surface area (Å²) >= 11 is 0. The SMILES string of the molecule is CC(C)C(NC(=O)c1ccccc1F)C(=O)NC1CCC(O)CC1. The number of nitrogens with one attached hydrogen (secondary N) is 2. The van der Waals surface area contributed by atoms with Crippen LogP contribution in [0.4, 0.5) is 4.39 Å². The first kappa shape index (κ1) is 18.4. The average Bonchev–Trinajstić information content (AvgIpc) is 2.54. The van der Waals surface area contributed by atoms with Gasteiger partial charge in [-0.1, -0.05) is 26.0 Å². The number of carbonyl (C=O) groups excluding carboxylic acids is 2. The van der Waals surface area contributed by atoms with E-state index >= 15 is 0 Å². The summed E-state index contributed by atoms with van der Waals surface area (Å²) in [5.74, 6) is -1.61. The van der Waals surface area contributed by atoms with Crippen molar-refractivity contribution in [1.29, 1.82) is 0 Å². The molecule has 24 heavy (non-hydrogen) atoms. The fourth-order valence-electron chi connectivity index (χ4n) is 2.91. The number of carbonyl (C=O) groups is 2. The quantitative estimate of drug-likeness (QED) is 0.769. The second-order valence-electron chi connectivity index (χ2n) is 6.69. The Balaban J connectivity index is 1.99. The lowest BCUT2D eigenvalue weighted by Gasteiger charge is -2.29. The maximum atomic E-state index is 13.7. The van der Waals surface area contributed by atoms with Gasteiger partial charge in [0.1, 0.15) is 11.9 Å². The van der Waals surface area contributed by atoms with Gasteiger partial charge in [-0.2, -0.15) is 0 Å². The molecule has 1 atom stereocenters. The Morgan fingerprint density at radius 2 is 1.79 bits per heavy atom. The molecule has 2 amide bonds. The van der Waals surface area contributed by atoms with Crippen LogP contribution in [0.2, 0.25) is 0 Å². The highest BCUT2D eigenvalue weighted by Crippen LogP contribution is 2.19. The molecule has 1 unspecified atom stereocenters. The fourth-order valence-corrected chi connectivity index (χ4v) is 2.91. The molecule has 6 heteroatoms. The topological polar surface area (TPSA) is 78.4 Å². The van der Waals surface area contributed by atoms with Crippen molar-refractivity contribution in [2.75, 3.05) is 0 Å². The van der Waals surface area contributed by atoms with E-state index < -0.39 is 17.8 Å². The molecule has 0 bridgehead atoms. The summed E-state index contributed by atoms with van der Waals surface area (Å²) in [6.45, 7) is 3.66. The van der Waals surface area contributed by atoms with Gasteiger partial charge in [-0.3, -0.25) is 9.59 Å². The highest BCUT2D eigenvalue weighted by Gasteiger charge is 2.28. The molecule has 1 saturated carbocycles. The van der Waals surface area contributed by atoms with Crippen molar-refractivity contribution < 1.29 is 19.1 Å². The van der Waals surface area contributed by atoms with Gasteiger partial charge in [0.2, 0.25) is 5.91 Å². The van der Waals surface area contributed by atoms with E-state index in [9.17, 15) is 19.1 Å². The van der Waals surface area contributed by atoms with Gasteiger partial charge < -0.3 is 15.7 Å². The van der Waals surface area contributed by atoms with Gasteiger partial charge in [0, 0.05) is 6.04 Å². The van der Waals surface area contributed by atoms with Crippen LogP contribution >= 0.6 is 0 Å². The monoisotopic (exact) mass is 336 g/mol. The van der Waals surface area contributed by atoms with Crippen molar-refractivity contribution in [3.63, 3.8) is 0 Å². The van der Waals surface area contributed by atoms with Gasteiger partial charge in [-0.15, -0.1) is 0 Å². The van der Waals surface area contributed by atoms with E-state index in [4.69, 9.17) is 0 Å². The number of hydrogen-bond acceptors (Lipinski definition) is 3. The molecular formula is C18H25FN2O3. The number of amides is 2. The van der Waals surface area contributed by atoms with E-state index in [1.807, 2.05) is 13.8 Å². The molecule has 0 radical (unpaired) electrons. The standard InChI is InChI=1S/C18H25FN2O3/c1-11(2)16(18(24)20-12-7-9-13(22)10-8-12)21-17(23)14-5-3-4-6-15(14)19/h3-6,11-13,16,22H,7-10H2,1-2H3,(H,20,24)(H,21,23). The molecule has 3 N–H and O–H groups in total. The number of aliphatic hydroxyl groups excluding tert-OH is 1. The Morgan fingerprint density at radius 1 is 1.17 bits per heavy atom. The first-order chi connectivity index (χ1) is 11.4. The van der Waals surface area contributed by atoms with Gasteiger partial charge in [0.25, 0.3) is 5.91 Å². The van der Waals surface area contributed by atoms with Crippen LogP contribution in [0.3, 0.4) is 0 Å². The molecule has 1 fully saturated rings. The molecule has 1 aliphatic carbocycles. The number of halogens is 1. The Bertz CT molecular complexity index is 583. The lowest BCUT2D eigenvalue weighted by atomic mass is 9.92. The van der Waals surface area contributed by atoms with Crippen molar-refractivity contribution in [3.05, 3.63) is 35.6 Å². The summed E-state index contributed by atoms with van der Waals surface area (Å²) in [6.07, 6.45) is 2.48. The van der Waals surface area contributed by atoms with E-state index in [2.05, 4.69) is 10.6 Å². The maximum absolute atomic E-state index is 13.7. The predicted molar refractivity (Wildman–Crippen MR) is 88.9 cm³/mol. The average molecular weight is 336 g/mol. The van der Waals surface area contributed by atoms with Crippen LogP contribution in [-0.2, 0) is 4.79 Å². The normalized spacial score (nSPS) is 22.0. The molecule has 5 nitrogen and oxygen atoms in total. The van der Waals surface area contributed by atoms with Crippen LogP contribution in [0.5, 0.6) is 0 Å². The third kappa shape index (κ3) is 4.77. The van der Waals surface area contributed by atoms with E-state index in [0.29, 0.717) is 12.8 Å². The molecule has 0 heterocycles. The number of hydrogen-bond donors (Lipinski definition) is 3. The Morgan fingerprint density at radius 3 is 2.38 bits per heavy atom. The lowest BCUT2D eigenvalue weighted by Crippen LogP contribution is -2.52. The third-order valence-corrected chi connectivity index (χ3v) is 4.40. The largest absolute Gasteiger partial charge is 0.393 e. The first-order valence-electron chi connectivity index (χ1n) is 8.42. The van der Waals surface area contributed by atoms with Crippen LogP contribution in [0.1, 0.15) is 49.9 Å². The molecule has 0 aromatic heterocycles. The molecule has 132 valence electrons. The molecule has 1 aromatic rings.